The molecule has 0 spiro atoms. The van der Waals surface area contributed by atoms with Crippen molar-refractivity contribution in [1.29, 1.82) is 0 Å². The molecular formula is C31H62NO8P. The van der Waals surface area contributed by atoms with Gasteiger partial charge in [-0.1, -0.05) is 103 Å². The maximum Gasteiger partial charge on any atom is 0.313 e. The molecule has 41 heavy (non-hydrogen) atoms. The van der Waals surface area contributed by atoms with E-state index in [-0.39, 0.29) is 25.4 Å². The van der Waals surface area contributed by atoms with E-state index in [1.807, 2.05) is 21.1 Å². The summed E-state index contributed by atoms with van der Waals surface area (Å²) in [4.78, 5) is 35.3. The minimum Gasteiger partial charge on any atom is -0.756 e. The quantitative estimate of drug-likeness (QED) is 0.0290. The Morgan fingerprint density at radius 1 is 0.707 bits per heavy atom. The first-order valence-corrected chi connectivity index (χ1v) is 17.6. The van der Waals surface area contributed by atoms with Crippen molar-refractivity contribution in [2.24, 2.45) is 0 Å². The topological polar surface area (TPSA) is 111 Å². The van der Waals surface area contributed by atoms with Gasteiger partial charge in [0.1, 0.15) is 18.3 Å². The molecule has 0 N–H and O–H groups in total. The Bertz CT molecular complexity index is 698. The summed E-state index contributed by atoms with van der Waals surface area (Å²) >= 11 is 0. The van der Waals surface area contributed by atoms with Crippen molar-refractivity contribution >= 4 is 19.6 Å². The highest BCUT2D eigenvalue weighted by molar-refractivity contribution is 7.45. The van der Waals surface area contributed by atoms with Gasteiger partial charge in [-0.15, -0.1) is 0 Å². The average Bonchev–Trinajstić information content (AvgIpc) is 2.88. The second-order valence-electron chi connectivity index (χ2n) is 12.3. The minimum atomic E-state index is -4.55. The number of esters is 1. The SMILES string of the molecule is CCCCCCCCCCCCCCCCCCOCC(COP(=O)([O-])OCCC[N+](C)(C)C)OC(=O)CC(C)=O. The highest BCUT2D eigenvalue weighted by Crippen LogP contribution is 2.38. The summed E-state index contributed by atoms with van der Waals surface area (Å²) in [6.07, 6.45) is 19.9. The molecule has 0 aliphatic carbocycles. The molecule has 9 nitrogen and oxygen atoms in total. The van der Waals surface area contributed by atoms with Crippen molar-refractivity contribution in [3.63, 3.8) is 0 Å². The van der Waals surface area contributed by atoms with Crippen molar-refractivity contribution in [3.05, 3.63) is 0 Å². The lowest BCUT2D eigenvalue weighted by atomic mass is 10.0. The van der Waals surface area contributed by atoms with Crippen LogP contribution in [0.25, 0.3) is 0 Å². The van der Waals surface area contributed by atoms with Crippen molar-refractivity contribution in [3.8, 4) is 0 Å². The summed E-state index contributed by atoms with van der Waals surface area (Å²) in [6.45, 7) is 4.37. The van der Waals surface area contributed by atoms with Crippen LogP contribution < -0.4 is 4.89 Å². The Labute approximate surface area is 251 Å². The van der Waals surface area contributed by atoms with Crippen molar-refractivity contribution in [2.45, 2.75) is 136 Å². The van der Waals surface area contributed by atoms with Gasteiger partial charge in [0, 0.05) is 13.0 Å². The normalized spacial score (nSPS) is 14.1. The number of phosphoric ester groups is 1. The smallest absolute Gasteiger partial charge is 0.313 e. The Morgan fingerprint density at radius 2 is 1.20 bits per heavy atom. The van der Waals surface area contributed by atoms with Gasteiger partial charge in [-0.25, -0.2) is 0 Å². The maximum absolute atomic E-state index is 12.1. The molecule has 0 aliphatic heterocycles. The number of Topliss-reactive ketones (excluding diaryl/α,β-unsaturated/α-hetero) is 1. The predicted molar refractivity (Wildman–Crippen MR) is 163 cm³/mol. The van der Waals surface area contributed by atoms with Crippen LogP contribution in [0.15, 0.2) is 0 Å². The van der Waals surface area contributed by atoms with Crippen LogP contribution in [0.2, 0.25) is 0 Å². The van der Waals surface area contributed by atoms with Crippen LogP contribution in [-0.2, 0) is 32.7 Å². The summed E-state index contributed by atoms with van der Waals surface area (Å²) in [6, 6.07) is 0. The lowest BCUT2D eigenvalue weighted by molar-refractivity contribution is -0.870. The number of phosphoric acid groups is 1. The van der Waals surface area contributed by atoms with Crippen LogP contribution in [0.3, 0.4) is 0 Å². The van der Waals surface area contributed by atoms with E-state index >= 15 is 0 Å². The highest BCUT2D eigenvalue weighted by Gasteiger charge is 2.20. The van der Waals surface area contributed by atoms with E-state index in [1.54, 1.807) is 0 Å². The number of hydrogen-bond donors (Lipinski definition) is 0. The van der Waals surface area contributed by atoms with Gasteiger partial charge < -0.3 is 27.9 Å². The van der Waals surface area contributed by atoms with E-state index in [4.69, 9.17) is 18.5 Å². The molecule has 0 radical (unpaired) electrons. The first-order valence-electron chi connectivity index (χ1n) is 16.1. The van der Waals surface area contributed by atoms with Gasteiger partial charge in [0.05, 0.1) is 47.5 Å². The predicted octanol–water partition coefficient (Wildman–Crippen LogP) is 6.75. The van der Waals surface area contributed by atoms with E-state index in [1.165, 1.54) is 90.4 Å². The fourth-order valence-electron chi connectivity index (χ4n) is 4.44. The Morgan fingerprint density at radius 3 is 1.66 bits per heavy atom. The number of hydrogen-bond acceptors (Lipinski definition) is 8. The minimum absolute atomic E-state index is 0.0100. The lowest BCUT2D eigenvalue weighted by Crippen LogP contribution is -2.35. The molecule has 0 aromatic rings. The van der Waals surface area contributed by atoms with Gasteiger partial charge in [0.2, 0.25) is 0 Å². The summed E-state index contributed by atoms with van der Waals surface area (Å²) in [5.74, 6) is -1.07. The summed E-state index contributed by atoms with van der Waals surface area (Å²) in [5.41, 5.74) is 0. The molecule has 0 saturated carbocycles. The number of rotatable bonds is 30. The summed E-state index contributed by atoms with van der Waals surface area (Å²) in [7, 11) is 1.47. The van der Waals surface area contributed by atoms with Crippen molar-refractivity contribution in [1.82, 2.24) is 0 Å². The van der Waals surface area contributed by atoms with Crippen LogP contribution >= 0.6 is 7.82 Å². The molecule has 0 amide bonds. The molecule has 0 aromatic carbocycles. The van der Waals surface area contributed by atoms with Crippen LogP contribution in [-0.4, -0.2) is 76.5 Å². The number of unbranched alkanes of at least 4 members (excludes halogenated alkanes) is 15. The molecule has 0 aromatic heterocycles. The number of nitrogens with zero attached hydrogens (tertiary/aromatic N) is 1. The monoisotopic (exact) mass is 607 g/mol. The zero-order valence-corrected chi connectivity index (χ0v) is 27.9. The Hall–Kier alpha value is -0.830. The molecule has 0 saturated heterocycles. The van der Waals surface area contributed by atoms with Gasteiger partial charge in [-0.2, -0.15) is 0 Å². The number of carbonyl (C=O) groups excluding carboxylic acids is 2. The van der Waals surface area contributed by atoms with Gasteiger partial charge in [-0.05, 0) is 13.3 Å². The Balaban J connectivity index is 4.00. The van der Waals surface area contributed by atoms with Crippen LogP contribution in [0.4, 0.5) is 0 Å². The molecule has 0 rings (SSSR count). The van der Waals surface area contributed by atoms with Crippen LogP contribution in [0.1, 0.15) is 129 Å². The third kappa shape index (κ3) is 30.4. The molecule has 2 atom stereocenters. The second kappa shape index (κ2) is 25.6. The maximum atomic E-state index is 12.1. The third-order valence-electron chi connectivity index (χ3n) is 6.78. The lowest BCUT2D eigenvalue weighted by Gasteiger charge is -2.27. The Kier molecular flexibility index (Phi) is 25.1. The number of carbonyl (C=O) groups is 2. The fourth-order valence-corrected chi connectivity index (χ4v) is 5.22. The molecule has 0 bridgehead atoms. The van der Waals surface area contributed by atoms with E-state index in [0.717, 1.165) is 25.8 Å². The first-order chi connectivity index (χ1) is 19.4. The molecular weight excluding hydrogens is 545 g/mol. The van der Waals surface area contributed by atoms with Crippen LogP contribution in [0.5, 0.6) is 0 Å². The molecule has 0 heterocycles. The van der Waals surface area contributed by atoms with Crippen molar-refractivity contribution < 1.29 is 42.1 Å². The van der Waals surface area contributed by atoms with Crippen LogP contribution in [0, 0.1) is 0 Å². The fraction of sp³-hybridized carbons (Fsp3) is 0.935. The number of quaternary nitrogens is 1. The van der Waals surface area contributed by atoms with E-state index in [2.05, 4.69) is 6.92 Å². The first kappa shape index (κ1) is 40.2. The molecule has 2 unspecified atom stereocenters. The number of ketones is 1. The van der Waals surface area contributed by atoms with Gasteiger partial charge in [0.15, 0.2) is 0 Å². The largest absolute Gasteiger partial charge is 0.756 e. The van der Waals surface area contributed by atoms with Gasteiger partial charge >= 0.3 is 5.97 Å². The second-order valence-corrected chi connectivity index (χ2v) is 13.7. The zero-order valence-electron chi connectivity index (χ0n) is 27.0. The molecule has 0 fully saturated rings. The van der Waals surface area contributed by atoms with Gasteiger partial charge in [-0.3, -0.25) is 14.2 Å². The zero-order chi connectivity index (χ0) is 30.8. The van der Waals surface area contributed by atoms with Gasteiger partial charge in [0.25, 0.3) is 7.82 Å². The summed E-state index contributed by atoms with van der Waals surface area (Å²) in [5, 5.41) is 0. The third-order valence-corrected chi connectivity index (χ3v) is 7.74. The summed E-state index contributed by atoms with van der Waals surface area (Å²) < 4.78 is 33.5. The van der Waals surface area contributed by atoms with Crippen molar-refractivity contribution in [2.75, 3.05) is 54.1 Å². The number of ether oxygens (including phenoxy) is 2. The van der Waals surface area contributed by atoms with E-state index in [9.17, 15) is 19.0 Å². The molecule has 0 aliphatic rings. The standard InChI is InChI=1S/C31H62NO8P/c1-6-7-8-9-10-11-12-13-14-15-16-17-18-19-20-21-24-37-27-30(40-31(34)26-29(2)33)28-39-41(35,36)38-25-22-23-32(3,4)5/h30H,6-28H2,1-5H3. The van der Waals surface area contributed by atoms with E-state index < -0.39 is 26.5 Å². The highest BCUT2D eigenvalue weighted by atomic mass is 31.2. The molecule has 10 heteroatoms. The molecule has 244 valence electrons. The average molecular weight is 608 g/mol. The van der Waals surface area contributed by atoms with E-state index in [0.29, 0.717) is 17.5 Å².